The van der Waals surface area contributed by atoms with Crippen LogP contribution in [0.15, 0.2) is 0 Å². The lowest BCUT2D eigenvalue weighted by molar-refractivity contribution is -0.163. The van der Waals surface area contributed by atoms with E-state index in [1.165, 1.54) is 0 Å². The molecule has 0 aromatic carbocycles. The molecule has 0 spiro atoms. The largest absolute Gasteiger partial charge is 0.370 e. The van der Waals surface area contributed by atoms with Gasteiger partial charge in [0.15, 0.2) is 0 Å². The predicted octanol–water partition coefficient (Wildman–Crippen LogP) is 0.832. The predicted molar refractivity (Wildman–Crippen MR) is 54.6 cm³/mol. The fourth-order valence-electron chi connectivity index (χ4n) is 1.24. The first-order chi connectivity index (χ1) is 6.50. The Kier molecular flexibility index (Phi) is 3.89. The highest BCUT2D eigenvalue weighted by Gasteiger charge is 2.24. The van der Waals surface area contributed by atoms with Crippen LogP contribution in [0.3, 0.4) is 0 Å². The van der Waals surface area contributed by atoms with Gasteiger partial charge in [-0.15, -0.1) is 5.48 Å². The summed E-state index contributed by atoms with van der Waals surface area (Å²) in [5.74, 6) is -0.205. The summed E-state index contributed by atoms with van der Waals surface area (Å²) in [6.45, 7) is 7.46. The molecule has 0 bridgehead atoms. The zero-order valence-electron chi connectivity index (χ0n) is 9.22. The van der Waals surface area contributed by atoms with E-state index in [1.807, 2.05) is 20.8 Å². The summed E-state index contributed by atoms with van der Waals surface area (Å²) in [6, 6.07) is 0.259. The Morgan fingerprint density at radius 1 is 1.50 bits per heavy atom. The number of hydrogen-bond donors (Lipinski definition) is 2. The van der Waals surface area contributed by atoms with Crippen molar-refractivity contribution in [3.8, 4) is 0 Å². The molecule has 0 aromatic heterocycles. The second-order valence-corrected chi connectivity index (χ2v) is 4.80. The van der Waals surface area contributed by atoms with Crippen molar-refractivity contribution in [1.29, 1.82) is 0 Å². The van der Waals surface area contributed by atoms with Crippen LogP contribution >= 0.6 is 0 Å². The molecule has 1 rings (SSSR count). The maximum absolute atomic E-state index is 11.4. The Morgan fingerprint density at radius 3 is 2.71 bits per heavy atom. The van der Waals surface area contributed by atoms with Gasteiger partial charge < -0.3 is 10.2 Å². The van der Waals surface area contributed by atoms with Gasteiger partial charge in [0.2, 0.25) is 0 Å². The zero-order chi connectivity index (χ0) is 10.6. The molecule has 0 radical (unpaired) electrons. The van der Waals surface area contributed by atoms with Crippen LogP contribution in [0.5, 0.6) is 0 Å². The van der Waals surface area contributed by atoms with Crippen molar-refractivity contribution >= 4 is 5.97 Å². The van der Waals surface area contributed by atoms with Crippen LogP contribution in [0, 0.1) is 5.41 Å². The van der Waals surface area contributed by atoms with Crippen molar-refractivity contribution in [2.24, 2.45) is 5.41 Å². The van der Waals surface area contributed by atoms with Crippen molar-refractivity contribution in [3.63, 3.8) is 0 Å². The minimum Gasteiger partial charge on any atom is -0.370 e. The third kappa shape index (κ3) is 3.64. The van der Waals surface area contributed by atoms with Crippen molar-refractivity contribution in [2.75, 3.05) is 13.1 Å². The fourth-order valence-corrected chi connectivity index (χ4v) is 1.24. The molecule has 1 atom stereocenters. The normalized spacial score (nSPS) is 23.2. The summed E-state index contributed by atoms with van der Waals surface area (Å²) < 4.78 is 0. The Bertz CT molecular complexity index is 193. The molecule has 1 heterocycles. The van der Waals surface area contributed by atoms with Crippen LogP contribution in [0.1, 0.15) is 33.6 Å². The third-order valence-electron chi connectivity index (χ3n) is 2.23. The minimum absolute atomic E-state index is 0.205. The summed E-state index contributed by atoms with van der Waals surface area (Å²) >= 11 is 0. The van der Waals surface area contributed by atoms with E-state index in [9.17, 15) is 4.79 Å². The van der Waals surface area contributed by atoms with E-state index in [1.54, 1.807) is 0 Å². The summed E-state index contributed by atoms with van der Waals surface area (Å²) in [5, 5.41) is 3.24. The number of nitrogens with one attached hydrogen (secondary N) is 2. The molecule has 1 aliphatic heterocycles. The maximum atomic E-state index is 11.4. The number of piperidine rings is 1. The molecule has 4 heteroatoms. The number of hydroxylamine groups is 1. The van der Waals surface area contributed by atoms with Gasteiger partial charge in [-0.2, -0.15) is 0 Å². The average Bonchev–Trinajstić information content (AvgIpc) is 2.14. The summed E-state index contributed by atoms with van der Waals surface area (Å²) in [5.41, 5.74) is 2.38. The highest BCUT2D eigenvalue weighted by atomic mass is 16.7. The van der Waals surface area contributed by atoms with Crippen molar-refractivity contribution in [3.05, 3.63) is 0 Å². The van der Waals surface area contributed by atoms with Crippen LogP contribution in [0.2, 0.25) is 0 Å². The molecule has 1 fully saturated rings. The van der Waals surface area contributed by atoms with E-state index in [-0.39, 0.29) is 12.0 Å². The van der Waals surface area contributed by atoms with Gasteiger partial charge in [0.05, 0.1) is 11.5 Å². The number of hydrogen-bond acceptors (Lipinski definition) is 4. The minimum atomic E-state index is -0.435. The lowest BCUT2D eigenvalue weighted by Crippen LogP contribution is -2.45. The molecule has 14 heavy (non-hydrogen) atoms. The quantitative estimate of drug-likeness (QED) is 0.648. The number of rotatable bonds is 2. The molecule has 0 saturated carbocycles. The first kappa shape index (κ1) is 11.5. The molecule has 4 nitrogen and oxygen atoms in total. The van der Waals surface area contributed by atoms with Crippen LogP contribution in [-0.2, 0) is 9.63 Å². The van der Waals surface area contributed by atoms with Crippen LogP contribution in [0.25, 0.3) is 0 Å². The smallest absolute Gasteiger partial charge is 0.329 e. The molecule has 0 amide bonds. The lowest BCUT2D eigenvalue weighted by atomic mass is 9.98. The SMILES string of the molecule is CC(C)(C)C(=O)ON[C@H]1CCCNC1. The Balaban J connectivity index is 2.22. The van der Waals surface area contributed by atoms with Gasteiger partial charge in [0.25, 0.3) is 0 Å². The third-order valence-corrected chi connectivity index (χ3v) is 2.23. The van der Waals surface area contributed by atoms with Gasteiger partial charge in [-0.05, 0) is 40.2 Å². The highest BCUT2D eigenvalue weighted by Crippen LogP contribution is 2.14. The standard InChI is InChI=1S/C10H20N2O2/c1-10(2,3)9(13)14-12-8-5-4-6-11-7-8/h8,11-12H,4-7H2,1-3H3/t8-/m0/s1. The Hall–Kier alpha value is -0.610. The topological polar surface area (TPSA) is 50.4 Å². The molecule has 1 saturated heterocycles. The van der Waals surface area contributed by atoms with E-state index < -0.39 is 5.41 Å². The van der Waals surface area contributed by atoms with Gasteiger partial charge in [0.1, 0.15) is 0 Å². The summed E-state index contributed by atoms with van der Waals surface area (Å²) in [4.78, 5) is 16.4. The zero-order valence-corrected chi connectivity index (χ0v) is 9.22. The second-order valence-electron chi connectivity index (χ2n) is 4.80. The molecule has 0 unspecified atom stereocenters. The first-order valence-corrected chi connectivity index (χ1v) is 5.17. The van der Waals surface area contributed by atoms with E-state index in [0.717, 1.165) is 25.9 Å². The van der Waals surface area contributed by atoms with Gasteiger partial charge >= 0.3 is 5.97 Å². The van der Waals surface area contributed by atoms with Gasteiger partial charge in [-0.25, -0.2) is 4.79 Å². The van der Waals surface area contributed by atoms with Gasteiger partial charge in [-0.3, -0.25) is 0 Å². The highest BCUT2D eigenvalue weighted by molar-refractivity contribution is 5.75. The number of carbonyl (C=O) groups is 1. The number of carbonyl (C=O) groups excluding carboxylic acids is 1. The maximum Gasteiger partial charge on any atom is 0.329 e. The van der Waals surface area contributed by atoms with Crippen LogP contribution < -0.4 is 10.8 Å². The van der Waals surface area contributed by atoms with Gasteiger partial charge in [0, 0.05) is 6.54 Å². The molecule has 0 aliphatic carbocycles. The first-order valence-electron chi connectivity index (χ1n) is 5.17. The van der Waals surface area contributed by atoms with Crippen LogP contribution in [-0.4, -0.2) is 25.1 Å². The van der Waals surface area contributed by atoms with Gasteiger partial charge in [-0.1, -0.05) is 0 Å². The summed E-state index contributed by atoms with van der Waals surface area (Å²) in [6.07, 6.45) is 2.19. The van der Waals surface area contributed by atoms with Crippen molar-refractivity contribution in [2.45, 2.75) is 39.7 Å². The molecule has 0 aromatic rings. The lowest BCUT2D eigenvalue weighted by Gasteiger charge is -2.24. The summed E-state index contributed by atoms with van der Waals surface area (Å²) in [7, 11) is 0. The molecular weight excluding hydrogens is 180 g/mol. The monoisotopic (exact) mass is 200 g/mol. The molecule has 82 valence electrons. The van der Waals surface area contributed by atoms with Crippen LogP contribution in [0.4, 0.5) is 0 Å². The van der Waals surface area contributed by atoms with Crippen molar-refractivity contribution in [1.82, 2.24) is 10.8 Å². The average molecular weight is 200 g/mol. The molecule has 1 aliphatic rings. The molecular formula is C10H20N2O2. The van der Waals surface area contributed by atoms with E-state index in [0.29, 0.717) is 0 Å². The van der Waals surface area contributed by atoms with E-state index in [4.69, 9.17) is 4.84 Å². The van der Waals surface area contributed by atoms with E-state index >= 15 is 0 Å². The Labute approximate surface area is 85.3 Å². The molecule has 2 N–H and O–H groups in total. The van der Waals surface area contributed by atoms with Crippen molar-refractivity contribution < 1.29 is 9.63 Å². The second kappa shape index (κ2) is 4.75. The van der Waals surface area contributed by atoms with E-state index in [2.05, 4.69) is 10.8 Å². The fraction of sp³-hybridized carbons (Fsp3) is 0.900. The Morgan fingerprint density at radius 2 is 2.21 bits per heavy atom.